The van der Waals surface area contributed by atoms with Gasteiger partial charge in [0, 0.05) is 0 Å². The summed E-state index contributed by atoms with van der Waals surface area (Å²) in [6.45, 7) is 6.23. The Labute approximate surface area is 98.8 Å². The van der Waals surface area contributed by atoms with Crippen molar-refractivity contribution < 1.29 is 9.90 Å². The van der Waals surface area contributed by atoms with Crippen LogP contribution in [0.15, 0.2) is 0 Å². The number of rotatable bonds is 5. The van der Waals surface area contributed by atoms with Crippen LogP contribution in [0.5, 0.6) is 0 Å². The van der Waals surface area contributed by atoms with Gasteiger partial charge in [-0.2, -0.15) is 0 Å². The summed E-state index contributed by atoms with van der Waals surface area (Å²) < 4.78 is 0. The molecule has 1 rings (SSSR count). The second-order valence-electron chi connectivity index (χ2n) is 4.88. The van der Waals surface area contributed by atoms with Crippen molar-refractivity contribution in [2.75, 3.05) is 13.1 Å². The largest absolute Gasteiger partial charge is 0.480 e. The van der Waals surface area contributed by atoms with Gasteiger partial charge in [0.2, 0.25) is 0 Å². The van der Waals surface area contributed by atoms with E-state index in [1.165, 1.54) is 19.3 Å². The van der Waals surface area contributed by atoms with Crippen LogP contribution in [0.4, 0.5) is 0 Å². The highest BCUT2D eigenvalue weighted by Gasteiger charge is 2.26. The quantitative estimate of drug-likeness (QED) is 0.785. The van der Waals surface area contributed by atoms with Crippen molar-refractivity contribution in [3.63, 3.8) is 0 Å². The number of likely N-dealkylation sites (tertiary alicyclic amines) is 1. The van der Waals surface area contributed by atoms with Crippen molar-refractivity contribution in [1.29, 1.82) is 0 Å². The molecule has 0 amide bonds. The molecule has 0 aromatic carbocycles. The van der Waals surface area contributed by atoms with Crippen molar-refractivity contribution >= 4 is 5.97 Å². The van der Waals surface area contributed by atoms with Gasteiger partial charge in [-0.1, -0.05) is 26.7 Å². The van der Waals surface area contributed by atoms with Gasteiger partial charge in [0.15, 0.2) is 0 Å². The van der Waals surface area contributed by atoms with E-state index in [-0.39, 0.29) is 6.04 Å². The molecular weight excluding hydrogens is 202 g/mol. The molecule has 1 N–H and O–H groups in total. The molecule has 0 aliphatic carbocycles. The second-order valence-corrected chi connectivity index (χ2v) is 4.88. The van der Waals surface area contributed by atoms with Gasteiger partial charge in [-0.25, -0.2) is 0 Å². The average molecular weight is 227 g/mol. The maximum atomic E-state index is 11.2. The van der Waals surface area contributed by atoms with E-state index in [4.69, 9.17) is 0 Å². The van der Waals surface area contributed by atoms with Crippen molar-refractivity contribution in [3.05, 3.63) is 0 Å². The van der Waals surface area contributed by atoms with Crippen LogP contribution in [0.1, 0.15) is 52.4 Å². The van der Waals surface area contributed by atoms with Gasteiger partial charge in [-0.05, 0) is 44.7 Å². The Morgan fingerprint density at radius 3 is 2.69 bits per heavy atom. The first-order chi connectivity index (χ1) is 7.69. The van der Waals surface area contributed by atoms with Crippen LogP contribution in [0.2, 0.25) is 0 Å². The predicted octanol–water partition coefficient (Wildman–Crippen LogP) is 2.75. The van der Waals surface area contributed by atoms with Gasteiger partial charge in [-0.3, -0.25) is 9.69 Å². The second kappa shape index (κ2) is 6.89. The molecule has 0 saturated carbocycles. The van der Waals surface area contributed by atoms with E-state index < -0.39 is 5.97 Å². The van der Waals surface area contributed by atoms with Gasteiger partial charge in [0.1, 0.15) is 6.04 Å². The highest BCUT2D eigenvalue weighted by atomic mass is 16.4. The lowest BCUT2D eigenvalue weighted by Gasteiger charge is -2.27. The molecule has 2 atom stereocenters. The summed E-state index contributed by atoms with van der Waals surface area (Å²) in [4.78, 5) is 13.4. The fourth-order valence-corrected chi connectivity index (χ4v) is 2.64. The lowest BCUT2D eigenvalue weighted by Crippen LogP contribution is -2.41. The van der Waals surface area contributed by atoms with Gasteiger partial charge in [0.05, 0.1) is 0 Å². The summed E-state index contributed by atoms with van der Waals surface area (Å²) in [6, 6.07) is -0.249. The van der Waals surface area contributed by atoms with Crippen molar-refractivity contribution in [1.82, 2.24) is 4.90 Å². The summed E-state index contributed by atoms with van der Waals surface area (Å²) in [5.74, 6) is 0.165. The zero-order chi connectivity index (χ0) is 12.0. The van der Waals surface area contributed by atoms with Gasteiger partial charge in [0.25, 0.3) is 0 Å². The first-order valence-electron chi connectivity index (χ1n) is 6.65. The molecule has 0 aromatic heterocycles. The van der Waals surface area contributed by atoms with Crippen LogP contribution in [0.3, 0.4) is 0 Å². The van der Waals surface area contributed by atoms with Crippen LogP contribution >= 0.6 is 0 Å². The molecule has 2 unspecified atom stereocenters. The van der Waals surface area contributed by atoms with E-state index in [1.54, 1.807) is 0 Å². The summed E-state index contributed by atoms with van der Waals surface area (Å²) in [5.41, 5.74) is 0. The molecule has 3 nitrogen and oxygen atoms in total. The topological polar surface area (TPSA) is 40.5 Å². The minimum Gasteiger partial charge on any atom is -0.480 e. The van der Waals surface area contributed by atoms with Crippen LogP contribution in [-0.4, -0.2) is 35.1 Å². The van der Waals surface area contributed by atoms with Crippen LogP contribution in [-0.2, 0) is 4.79 Å². The number of hydrogen-bond acceptors (Lipinski definition) is 2. The number of hydrogen-bond donors (Lipinski definition) is 1. The third-order valence-electron chi connectivity index (χ3n) is 3.75. The van der Waals surface area contributed by atoms with Gasteiger partial charge in [-0.15, -0.1) is 0 Å². The Bertz CT molecular complexity index is 218. The Morgan fingerprint density at radius 1 is 1.38 bits per heavy atom. The smallest absolute Gasteiger partial charge is 0.320 e. The maximum absolute atomic E-state index is 11.2. The molecule has 3 heteroatoms. The fraction of sp³-hybridized carbons (Fsp3) is 0.923. The van der Waals surface area contributed by atoms with Gasteiger partial charge < -0.3 is 5.11 Å². The van der Waals surface area contributed by atoms with E-state index in [1.807, 2.05) is 0 Å². The van der Waals surface area contributed by atoms with E-state index >= 15 is 0 Å². The molecule has 1 aliphatic heterocycles. The zero-order valence-corrected chi connectivity index (χ0v) is 10.6. The van der Waals surface area contributed by atoms with Crippen LogP contribution < -0.4 is 0 Å². The Morgan fingerprint density at radius 2 is 2.12 bits per heavy atom. The monoisotopic (exact) mass is 227 g/mol. The summed E-state index contributed by atoms with van der Waals surface area (Å²) in [7, 11) is 0. The molecule has 0 bridgehead atoms. The van der Waals surface area contributed by atoms with Crippen molar-refractivity contribution in [3.8, 4) is 0 Å². The van der Waals surface area contributed by atoms with E-state index in [0.717, 1.165) is 38.3 Å². The lowest BCUT2D eigenvalue weighted by molar-refractivity contribution is -0.143. The number of aliphatic carboxylic acids is 1. The third kappa shape index (κ3) is 3.78. The Balaban J connectivity index is 2.53. The van der Waals surface area contributed by atoms with E-state index in [9.17, 15) is 9.90 Å². The summed E-state index contributed by atoms with van der Waals surface area (Å²) in [5, 5.41) is 9.23. The minimum atomic E-state index is -0.642. The highest BCUT2D eigenvalue weighted by Crippen LogP contribution is 2.22. The molecule has 16 heavy (non-hydrogen) atoms. The average Bonchev–Trinajstić information content (AvgIpc) is 2.50. The summed E-state index contributed by atoms with van der Waals surface area (Å²) in [6.07, 6.45) is 6.57. The zero-order valence-electron chi connectivity index (χ0n) is 10.6. The van der Waals surface area contributed by atoms with Gasteiger partial charge >= 0.3 is 5.97 Å². The van der Waals surface area contributed by atoms with E-state index in [0.29, 0.717) is 0 Å². The van der Waals surface area contributed by atoms with Crippen molar-refractivity contribution in [2.24, 2.45) is 5.92 Å². The first kappa shape index (κ1) is 13.5. The molecule has 0 radical (unpaired) electrons. The fourth-order valence-electron chi connectivity index (χ4n) is 2.64. The standard InChI is InChI=1S/C13H25NO2/c1-3-6-12(13(15)16)14-9-5-7-11(4-2)8-10-14/h11-12H,3-10H2,1-2H3,(H,15,16). The van der Waals surface area contributed by atoms with Crippen molar-refractivity contribution in [2.45, 2.75) is 58.4 Å². The van der Waals surface area contributed by atoms with E-state index in [2.05, 4.69) is 18.7 Å². The number of carboxylic acids is 1. The maximum Gasteiger partial charge on any atom is 0.320 e. The predicted molar refractivity (Wildman–Crippen MR) is 65.5 cm³/mol. The number of carboxylic acid groups (broad SMARTS) is 1. The summed E-state index contributed by atoms with van der Waals surface area (Å²) >= 11 is 0. The molecule has 1 fully saturated rings. The molecule has 1 heterocycles. The number of nitrogens with zero attached hydrogens (tertiary/aromatic N) is 1. The van der Waals surface area contributed by atoms with Crippen LogP contribution in [0.25, 0.3) is 0 Å². The lowest BCUT2D eigenvalue weighted by atomic mass is 9.98. The normalized spacial score (nSPS) is 25.0. The third-order valence-corrected chi connectivity index (χ3v) is 3.75. The molecular formula is C13H25NO2. The molecule has 94 valence electrons. The Hall–Kier alpha value is -0.570. The first-order valence-corrected chi connectivity index (χ1v) is 6.65. The molecule has 0 aromatic rings. The minimum absolute atomic E-state index is 0.249. The Kier molecular flexibility index (Phi) is 5.81. The number of carbonyl (C=O) groups is 1. The highest BCUT2D eigenvalue weighted by molar-refractivity contribution is 5.73. The molecule has 1 saturated heterocycles. The SMILES string of the molecule is CCCC(C(=O)O)N1CCCC(CC)CC1. The molecule has 0 spiro atoms. The van der Waals surface area contributed by atoms with Crippen LogP contribution in [0, 0.1) is 5.92 Å². The molecule has 1 aliphatic rings.